The highest BCUT2D eigenvalue weighted by Gasteiger charge is 2.36. The van der Waals surface area contributed by atoms with E-state index < -0.39 is 0 Å². The molecular formula is C16H23N7O4S. The van der Waals surface area contributed by atoms with E-state index in [1.54, 1.807) is 9.58 Å². The first-order chi connectivity index (χ1) is 13.5. The zero-order valence-electron chi connectivity index (χ0n) is 15.7. The Morgan fingerprint density at radius 3 is 2.82 bits per heavy atom. The number of carbonyl (C=O) groups excluding carboxylic acids is 2. The van der Waals surface area contributed by atoms with Crippen LogP contribution >= 0.6 is 11.3 Å². The highest BCUT2D eigenvalue weighted by Crippen LogP contribution is 2.28. The van der Waals surface area contributed by atoms with Gasteiger partial charge in [-0.05, 0) is 6.42 Å². The number of nitrogens with one attached hydrogen (secondary N) is 1. The van der Waals surface area contributed by atoms with Crippen LogP contribution in [-0.2, 0) is 34.3 Å². The van der Waals surface area contributed by atoms with Crippen LogP contribution < -0.4 is 10.2 Å². The lowest BCUT2D eigenvalue weighted by molar-refractivity contribution is -0.126. The van der Waals surface area contributed by atoms with Gasteiger partial charge in [0.2, 0.25) is 16.9 Å². The zero-order valence-corrected chi connectivity index (χ0v) is 16.6. The number of rotatable bonds is 7. The average molecular weight is 409 g/mol. The minimum Gasteiger partial charge on any atom is -0.483 e. The molecule has 152 valence electrons. The molecule has 2 amide bonds. The van der Waals surface area contributed by atoms with E-state index in [9.17, 15) is 9.59 Å². The number of aromatic nitrogens is 5. The maximum atomic E-state index is 12.3. The van der Waals surface area contributed by atoms with Gasteiger partial charge < -0.3 is 10.4 Å². The van der Waals surface area contributed by atoms with E-state index in [0.29, 0.717) is 24.6 Å². The Morgan fingerprint density at radius 2 is 2.18 bits per heavy atom. The van der Waals surface area contributed by atoms with E-state index in [4.69, 9.17) is 9.90 Å². The van der Waals surface area contributed by atoms with Crippen LogP contribution in [-0.4, -0.2) is 61.4 Å². The van der Waals surface area contributed by atoms with Crippen LogP contribution in [0.5, 0.6) is 0 Å². The number of hydrogen-bond acceptors (Lipinski definition) is 8. The molecule has 28 heavy (non-hydrogen) atoms. The largest absolute Gasteiger partial charge is 0.483 e. The molecule has 11 nitrogen and oxygen atoms in total. The van der Waals surface area contributed by atoms with Gasteiger partial charge in [0.1, 0.15) is 17.2 Å². The van der Waals surface area contributed by atoms with Crippen molar-refractivity contribution >= 4 is 34.8 Å². The summed E-state index contributed by atoms with van der Waals surface area (Å²) in [5.41, 5.74) is 0. The summed E-state index contributed by atoms with van der Waals surface area (Å²) in [4.78, 5) is 38.6. The first-order valence-electron chi connectivity index (χ1n) is 8.81. The number of anilines is 1. The van der Waals surface area contributed by atoms with Crippen molar-refractivity contribution in [1.82, 2.24) is 30.3 Å². The Bertz CT molecular complexity index is 807. The fourth-order valence-corrected chi connectivity index (χ4v) is 3.69. The molecule has 0 bridgehead atoms. The number of carboxylic acid groups (broad SMARTS) is 1. The molecule has 1 atom stereocenters. The molecule has 1 fully saturated rings. The predicted molar refractivity (Wildman–Crippen MR) is 101 cm³/mol. The van der Waals surface area contributed by atoms with Crippen molar-refractivity contribution < 1.29 is 19.5 Å². The molecule has 0 spiro atoms. The fourth-order valence-electron chi connectivity index (χ4n) is 2.73. The lowest BCUT2D eigenvalue weighted by atomic mass is 10.1. The summed E-state index contributed by atoms with van der Waals surface area (Å²) in [6.07, 6.45) is 4.13. The summed E-state index contributed by atoms with van der Waals surface area (Å²) in [6, 6.07) is 0. The predicted octanol–water partition coefficient (Wildman–Crippen LogP) is 0.0317. The number of hydrogen-bond donors (Lipinski definition) is 2. The first-order valence-corrected chi connectivity index (χ1v) is 9.62. The van der Waals surface area contributed by atoms with E-state index >= 15 is 0 Å². The van der Waals surface area contributed by atoms with E-state index in [2.05, 4.69) is 32.5 Å². The van der Waals surface area contributed by atoms with Gasteiger partial charge in [-0.1, -0.05) is 18.3 Å². The fraction of sp³-hybridized carbons (Fsp3) is 0.562. The Kier molecular flexibility index (Phi) is 7.99. The molecule has 1 aliphatic heterocycles. The Labute approximate surface area is 165 Å². The standard InChI is InChI=1S/C15H21N7O2S.CH2O2/c1-3-4-12-19-20-15(25-12)22-8-10(7-13(22)23)14(24)16-6-5-11-17-9-18-21(11)2;2-1-3/h9-10H,3-8H2,1-2H3,(H,16,24);1H,(H,2,3). The lowest BCUT2D eigenvalue weighted by Gasteiger charge is -2.12. The van der Waals surface area contributed by atoms with Crippen LogP contribution in [0.3, 0.4) is 0 Å². The number of nitrogens with zero attached hydrogens (tertiary/aromatic N) is 6. The second kappa shape index (κ2) is 10.4. The van der Waals surface area contributed by atoms with Gasteiger partial charge in [0.05, 0.1) is 5.92 Å². The van der Waals surface area contributed by atoms with Crippen molar-refractivity contribution in [2.45, 2.75) is 32.6 Å². The third kappa shape index (κ3) is 5.55. The maximum absolute atomic E-state index is 12.3. The quantitative estimate of drug-likeness (QED) is 0.610. The van der Waals surface area contributed by atoms with Crippen molar-refractivity contribution in [3.8, 4) is 0 Å². The second-order valence-corrected chi connectivity index (χ2v) is 7.12. The van der Waals surface area contributed by atoms with Gasteiger partial charge in [0.25, 0.3) is 6.47 Å². The van der Waals surface area contributed by atoms with E-state index in [1.807, 2.05) is 7.05 Å². The molecule has 2 aromatic heterocycles. The minimum atomic E-state index is -0.356. The van der Waals surface area contributed by atoms with Gasteiger partial charge in [-0.3, -0.25) is 24.0 Å². The summed E-state index contributed by atoms with van der Waals surface area (Å²) in [6.45, 7) is 2.65. The molecule has 1 saturated heterocycles. The van der Waals surface area contributed by atoms with Crippen molar-refractivity contribution in [3.05, 3.63) is 17.2 Å². The molecule has 2 aromatic rings. The maximum Gasteiger partial charge on any atom is 0.290 e. The van der Waals surface area contributed by atoms with Crippen LogP contribution in [0.2, 0.25) is 0 Å². The molecular weight excluding hydrogens is 386 g/mol. The van der Waals surface area contributed by atoms with Crippen LogP contribution in [0, 0.1) is 5.92 Å². The van der Waals surface area contributed by atoms with Crippen LogP contribution in [0.4, 0.5) is 5.13 Å². The summed E-state index contributed by atoms with van der Waals surface area (Å²) in [5.74, 6) is 0.260. The molecule has 12 heteroatoms. The zero-order chi connectivity index (χ0) is 20.5. The number of amides is 2. The number of carbonyl (C=O) groups is 3. The normalized spacial score (nSPS) is 15.9. The first kappa shape index (κ1) is 21.4. The molecule has 2 N–H and O–H groups in total. The molecule has 0 aliphatic carbocycles. The molecule has 3 rings (SSSR count). The van der Waals surface area contributed by atoms with Gasteiger partial charge in [0, 0.05) is 39.4 Å². The SMILES string of the molecule is CCCc1nnc(N2CC(C(=O)NCCc3ncnn3C)CC2=O)s1.O=CO. The molecule has 1 unspecified atom stereocenters. The molecule has 3 heterocycles. The average Bonchev–Trinajstić information content (AvgIpc) is 3.37. The highest BCUT2D eigenvalue weighted by atomic mass is 32.1. The van der Waals surface area contributed by atoms with Gasteiger partial charge in [-0.15, -0.1) is 10.2 Å². The van der Waals surface area contributed by atoms with Crippen LogP contribution in [0.15, 0.2) is 6.33 Å². The van der Waals surface area contributed by atoms with Crippen molar-refractivity contribution in [1.29, 1.82) is 0 Å². The molecule has 0 radical (unpaired) electrons. The van der Waals surface area contributed by atoms with Crippen LogP contribution in [0.1, 0.15) is 30.6 Å². The summed E-state index contributed by atoms with van der Waals surface area (Å²) in [5, 5.41) is 23.5. The Morgan fingerprint density at radius 1 is 1.43 bits per heavy atom. The lowest BCUT2D eigenvalue weighted by Crippen LogP contribution is -2.34. The second-order valence-electron chi connectivity index (χ2n) is 6.08. The summed E-state index contributed by atoms with van der Waals surface area (Å²) >= 11 is 1.42. The third-order valence-electron chi connectivity index (χ3n) is 4.10. The van der Waals surface area contributed by atoms with E-state index in [0.717, 1.165) is 23.7 Å². The summed E-state index contributed by atoms with van der Waals surface area (Å²) < 4.78 is 1.68. The molecule has 0 saturated carbocycles. The van der Waals surface area contributed by atoms with E-state index in [-0.39, 0.29) is 30.6 Å². The Hall–Kier alpha value is -2.89. The highest BCUT2D eigenvalue weighted by molar-refractivity contribution is 7.15. The van der Waals surface area contributed by atoms with Gasteiger partial charge in [-0.25, -0.2) is 4.98 Å². The minimum absolute atomic E-state index is 0.0763. The Balaban J connectivity index is 0.000000878. The third-order valence-corrected chi connectivity index (χ3v) is 5.11. The molecule has 0 aromatic carbocycles. The smallest absolute Gasteiger partial charge is 0.290 e. The monoisotopic (exact) mass is 409 g/mol. The van der Waals surface area contributed by atoms with Gasteiger partial charge in [0.15, 0.2) is 0 Å². The van der Waals surface area contributed by atoms with Gasteiger partial charge >= 0.3 is 0 Å². The van der Waals surface area contributed by atoms with Gasteiger partial charge in [-0.2, -0.15) is 5.10 Å². The van der Waals surface area contributed by atoms with Crippen molar-refractivity contribution in [3.63, 3.8) is 0 Å². The summed E-state index contributed by atoms with van der Waals surface area (Å²) in [7, 11) is 1.81. The van der Waals surface area contributed by atoms with E-state index in [1.165, 1.54) is 17.7 Å². The van der Waals surface area contributed by atoms with Crippen molar-refractivity contribution in [2.24, 2.45) is 13.0 Å². The van der Waals surface area contributed by atoms with Crippen LogP contribution in [0.25, 0.3) is 0 Å². The van der Waals surface area contributed by atoms with Crippen molar-refractivity contribution in [2.75, 3.05) is 18.0 Å². The topological polar surface area (TPSA) is 143 Å². The number of aryl methyl sites for hydroxylation is 2. The molecule has 1 aliphatic rings.